The van der Waals surface area contributed by atoms with Crippen molar-refractivity contribution in [3.8, 4) is 0 Å². The number of hydrogen-bond donors (Lipinski definition) is 0. The summed E-state index contributed by atoms with van der Waals surface area (Å²) in [5.74, 6) is 0. The minimum Gasteiger partial charge on any atom is -0.0885 e. The lowest BCUT2D eigenvalue weighted by Gasteiger charge is -1.99. The molecule has 0 heterocycles. The molecule has 0 aromatic heterocycles. The van der Waals surface area contributed by atoms with Gasteiger partial charge in [0.2, 0.25) is 0 Å². The van der Waals surface area contributed by atoms with Crippen molar-refractivity contribution in [1.29, 1.82) is 0 Å². The van der Waals surface area contributed by atoms with E-state index < -0.39 is 0 Å². The summed E-state index contributed by atoms with van der Waals surface area (Å²) in [6.45, 7) is 4.46. The Bertz CT molecular complexity index is 176. The lowest BCUT2D eigenvalue weighted by atomic mass is 10.1. The van der Waals surface area contributed by atoms with E-state index in [4.69, 9.17) is 0 Å². The van der Waals surface area contributed by atoms with E-state index in [1.54, 1.807) is 0 Å². The standard InChI is InChI=1S/C17H32/c1-3-5-7-9-11-13-15-17-16-14-12-10-8-6-4-2/h5,7,11,13H,3-4,6,8-10,12,14-17H2,1-2H3/b7-5+,13-11+. The molecule has 0 radical (unpaired) electrons. The van der Waals surface area contributed by atoms with Gasteiger partial charge in [0.1, 0.15) is 0 Å². The first-order valence-electron chi connectivity index (χ1n) is 7.71. The Morgan fingerprint density at radius 3 is 1.82 bits per heavy atom. The fourth-order valence-corrected chi connectivity index (χ4v) is 1.95. The first-order chi connectivity index (χ1) is 8.41. The van der Waals surface area contributed by atoms with Crippen LogP contribution in [0.1, 0.15) is 84.5 Å². The summed E-state index contributed by atoms with van der Waals surface area (Å²) < 4.78 is 0. The van der Waals surface area contributed by atoms with Gasteiger partial charge in [-0.15, -0.1) is 0 Å². The molecule has 100 valence electrons. The third kappa shape index (κ3) is 15.5. The summed E-state index contributed by atoms with van der Waals surface area (Å²) in [6, 6.07) is 0. The van der Waals surface area contributed by atoms with Crippen molar-refractivity contribution in [3.63, 3.8) is 0 Å². The first-order valence-corrected chi connectivity index (χ1v) is 7.71. The van der Waals surface area contributed by atoms with E-state index in [1.165, 1.54) is 57.8 Å². The zero-order valence-corrected chi connectivity index (χ0v) is 12.1. The molecule has 0 aliphatic rings. The lowest BCUT2D eigenvalue weighted by molar-refractivity contribution is 0.577. The van der Waals surface area contributed by atoms with Crippen LogP contribution in [0.5, 0.6) is 0 Å². The topological polar surface area (TPSA) is 0 Å². The highest BCUT2D eigenvalue weighted by molar-refractivity contribution is 4.92. The molecule has 0 aliphatic heterocycles. The van der Waals surface area contributed by atoms with Crippen molar-refractivity contribution in [1.82, 2.24) is 0 Å². The van der Waals surface area contributed by atoms with Gasteiger partial charge in [-0.1, -0.05) is 83.1 Å². The molecule has 0 aromatic carbocycles. The van der Waals surface area contributed by atoms with Crippen molar-refractivity contribution in [3.05, 3.63) is 24.3 Å². The van der Waals surface area contributed by atoms with Crippen molar-refractivity contribution in [2.75, 3.05) is 0 Å². The predicted octanol–water partition coefficient (Wildman–Crippen LogP) is 6.43. The Labute approximate surface area is 109 Å². The molecule has 0 N–H and O–H groups in total. The number of unbranched alkanes of at least 4 members (excludes halogenated alkanes) is 8. The Balaban J connectivity index is 3.05. The highest BCUT2D eigenvalue weighted by atomic mass is 14.0. The second-order valence-electron chi connectivity index (χ2n) is 4.85. The van der Waals surface area contributed by atoms with Crippen LogP contribution in [0.25, 0.3) is 0 Å². The Morgan fingerprint density at radius 2 is 1.18 bits per heavy atom. The molecule has 0 aromatic rings. The van der Waals surface area contributed by atoms with Gasteiger partial charge in [0.05, 0.1) is 0 Å². The molecular weight excluding hydrogens is 204 g/mol. The van der Waals surface area contributed by atoms with E-state index in [0.717, 1.165) is 12.8 Å². The molecular formula is C17H32. The fourth-order valence-electron chi connectivity index (χ4n) is 1.95. The molecule has 0 saturated heterocycles. The van der Waals surface area contributed by atoms with Gasteiger partial charge in [0, 0.05) is 0 Å². The summed E-state index contributed by atoms with van der Waals surface area (Å²) in [6.07, 6.45) is 24.0. The molecule has 0 spiro atoms. The third-order valence-electron chi connectivity index (χ3n) is 3.07. The SMILES string of the molecule is CC/C=C/C/C=C/CCCCCCCCCC. The van der Waals surface area contributed by atoms with Gasteiger partial charge < -0.3 is 0 Å². The maximum Gasteiger partial charge on any atom is -0.0169 e. The monoisotopic (exact) mass is 236 g/mol. The van der Waals surface area contributed by atoms with E-state index in [1.807, 2.05) is 0 Å². The van der Waals surface area contributed by atoms with Gasteiger partial charge >= 0.3 is 0 Å². The molecule has 17 heavy (non-hydrogen) atoms. The molecule has 0 bridgehead atoms. The molecule has 0 nitrogen and oxygen atoms in total. The third-order valence-corrected chi connectivity index (χ3v) is 3.07. The summed E-state index contributed by atoms with van der Waals surface area (Å²) in [5, 5.41) is 0. The maximum absolute atomic E-state index is 2.34. The Morgan fingerprint density at radius 1 is 0.588 bits per heavy atom. The van der Waals surface area contributed by atoms with Crippen LogP contribution in [0.15, 0.2) is 24.3 Å². The highest BCUT2D eigenvalue weighted by Crippen LogP contribution is 2.09. The molecule has 0 aliphatic carbocycles. The molecule has 0 atom stereocenters. The van der Waals surface area contributed by atoms with E-state index in [2.05, 4.69) is 38.2 Å². The molecule has 0 heteroatoms. The zero-order chi connectivity index (χ0) is 12.6. The van der Waals surface area contributed by atoms with Crippen molar-refractivity contribution >= 4 is 0 Å². The van der Waals surface area contributed by atoms with Crippen molar-refractivity contribution < 1.29 is 0 Å². The number of rotatable bonds is 12. The molecule has 0 fully saturated rings. The van der Waals surface area contributed by atoms with E-state index >= 15 is 0 Å². The van der Waals surface area contributed by atoms with E-state index in [-0.39, 0.29) is 0 Å². The van der Waals surface area contributed by atoms with E-state index in [9.17, 15) is 0 Å². The fraction of sp³-hybridized carbons (Fsp3) is 0.765. The second-order valence-corrected chi connectivity index (χ2v) is 4.85. The van der Waals surface area contributed by atoms with Crippen molar-refractivity contribution in [2.45, 2.75) is 84.5 Å². The van der Waals surface area contributed by atoms with Crippen molar-refractivity contribution in [2.24, 2.45) is 0 Å². The minimum atomic E-state index is 1.12. The summed E-state index contributed by atoms with van der Waals surface area (Å²) in [5.41, 5.74) is 0. The average Bonchev–Trinajstić information content (AvgIpc) is 2.35. The van der Waals surface area contributed by atoms with Gasteiger partial charge in [-0.05, 0) is 25.7 Å². The molecule has 0 rings (SSSR count). The summed E-state index contributed by atoms with van der Waals surface area (Å²) in [4.78, 5) is 0. The minimum absolute atomic E-state index is 1.12. The van der Waals surface area contributed by atoms with Crippen LogP contribution >= 0.6 is 0 Å². The summed E-state index contributed by atoms with van der Waals surface area (Å²) in [7, 11) is 0. The normalized spacial score (nSPS) is 11.9. The second kappa shape index (κ2) is 15.5. The molecule has 0 unspecified atom stereocenters. The van der Waals surface area contributed by atoms with Gasteiger partial charge in [-0.3, -0.25) is 0 Å². The molecule has 0 amide bonds. The quantitative estimate of drug-likeness (QED) is 0.270. The number of allylic oxidation sites excluding steroid dienone is 4. The average molecular weight is 236 g/mol. The maximum atomic E-state index is 2.34. The Hall–Kier alpha value is -0.520. The largest absolute Gasteiger partial charge is 0.0885 e. The van der Waals surface area contributed by atoms with Crippen LogP contribution in [-0.4, -0.2) is 0 Å². The molecule has 0 saturated carbocycles. The van der Waals surface area contributed by atoms with Crippen LogP contribution in [0.2, 0.25) is 0 Å². The lowest BCUT2D eigenvalue weighted by Crippen LogP contribution is -1.79. The van der Waals surface area contributed by atoms with Crippen LogP contribution in [0, 0.1) is 0 Å². The van der Waals surface area contributed by atoms with Crippen LogP contribution < -0.4 is 0 Å². The van der Waals surface area contributed by atoms with Gasteiger partial charge in [-0.25, -0.2) is 0 Å². The highest BCUT2D eigenvalue weighted by Gasteiger charge is 1.89. The van der Waals surface area contributed by atoms with Crippen LogP contribution in [-0.2, 0) is 0 Å². The first kappa shape index (κ1) is 16.5. The van der Waals surface area contributed by atoms with Crippen LogP contribution in [0.3, 0.4) is 0 Å². The van der Waals surface area contributed by atoms with Gasteiger partial charge in [0.25, 0.3) is 0 Å². The van der Waals surface area contributed by atoms with Gasteiger partial charge in [0.15, 0.2) is 0 Å². The van der Waals surface area contributed by atoms with Crippen LogP contribution in [0.4, 0.5) is 0 Å². The van der Waals surface area contributed by atoms with E-state index in [0.29, 0.717) is 0 Å². The summed E-state index contributed by atoms with van der Waals surface area (Å²) >= 11 is 0. The van der Waals surface area contributed by atoms with Gasteiger partial charge in [-0.2, -0.15) is 0 Å². The number of hydrogen-bond acceptors (Lipinski definition) is 0. The smallest absolute Gasteiger partial charge is 0.0169 e. The zero-order valence-electron chi connectivity index (χ0n) is 12.1. The Kier molecular flexibility index (Phi) is 15.0. The predicted molar refractivity (Wildman–Crippen MR) is 80.4 cm³/mol.